The lowest BCUT2D eigenvalue weighted by molar-refractivity contribution is -0.167. The lowest BCUT2D eigenvalue weighted by atomic mass is 10.1. The molecule has 0 rings (SSSR count). The van der Waals surface area contributed by atoms with Gasteiger partial charge < -0.3 is 14.2 Å². The maximum Gasteiger partial charge on any atom is 0.306 e. The van der Waals surface area contributed by atoms with E-state index in [2.05, 4.69) is 167 Å². The van der Waals surface area contributed by atoms with Gasteiger partial charge in [0.1, 0.15) is 13.2 Å². The zero-order valence-corrected chi connectivity index (χ0v) is 51.8. The Morgan fingerprint density at radius 1 is 0.263 bits per heavy atom. The van der Waals surface area contributed by atoms with E-state index in [4.69, 9.17) is 14.2 Å². The van der Waals surface area contributed by atoms with Gasteiger partial charge in [-0.25, -0.2) is 0 Å². The minimum atomic E-state index is -0.816. The molecule has 0 saturated heterocycles. The maximum absolute atomic E-state index is 12.9. The van der Waals surface area contributed by atoms with Crippen molar-refractivity contribution in [1.29, 1.82) is 0 Å². The van der Waals surface area contributed by atoms with E-state index >= 15 is 0 Å². The predicted octanol–water partition coefficient (Wildman–Crippen LogP) is 22.7. The van der Waals surface area contributed by atoms with Crippen LogP contribution in [0, 0.1) is 0 Å². The summed E-state index contributed by atoms with van der Waals surface area (Å²) in [6.45, 7) is 6.44. The molecule has 6 nitrogen and oxygen atoms in total. The third kappa shape index (κ3) is 64.1. The van der Waals surface area contributed by atoms with Gasteiger partial charge in [0.25, 0.3) is 0 Å². The summed E-state index contributed by atoms with van der Waals surface area (Å²) in [5.74, 6) is -0.984. The van der Waals surface area contributed by atoms with Crippen LogP contribution in [0.25, 0.3) is 0 Å². The number of carbonyl (C=O) groups is 3. The maximum atomic E-state index is 12.9. The van der Waals surface area contributed by atoms with Crippen LogP contribution < -0.4 is 0 Å². The van der Waals surface area contributed by atoms with Crippen molar-refractivity contribution in [3.63, 3.8) is 0 Å². The first-order valence-corrected chi connectivity index (χ1v) is 32.8. The average molecular weight is 1110 g/mol. The summed E-state index contributed by atoms with van der Waals surface area (Å²) in [5.41, 5.74) is 0. The highest BCUT2D eigenvalue weighted by molar-refractivity contribution is 5.71. The summed E-state index contributed by atoms with van der Waals surface area (Å²) >= 11 is 0. The van der Waals surface area contributed by atoms with Crippen molar-refractivity contribution in [2.45, 2.75) is 290 Å². The van der Waals surface area contributed by atoms with Crippen molar-refractivity contribution in [3.05, 3.63) is 146 Å². The van der Waals surface area contributed by atoms with Crippen LogP contribution in [0.5, 0.6) is 0 Å². The molecule has 1 atom stereocenters. The third-order valence-electron chi connectivity index (χ3n) is 13.5. The van der Waals surface area contributed by atoms with Gasteiger partial charge in [0.05, 0.1) is 0 Å². The Balaban J connectivity index is 4.49. The largest absolute Gasteiger partial charge is 0.462 e. The van der Waals surface area contributed by atoms with Gasteiger partial charge in [-0.05, 0) is 141 Å². The number of unbranched alkanes of at least 4 members (excludes halogenated alkanes) is 23. The Bertz CT molecular complexity index is 1750. The third-order valence-corrected chi connectivity index (χ3v) is 13.5. The molecule has 0 aliphatic rings. The Morgan fingerprint density at radius 3 is 0.850 bits per heavy atom. The molecule has 0 aromatic rings. The van der Waals surface area contributed by atoms with Crippen LogP contribution in [0.2, 0.25) is 0 Å². The van der Waals surface area contributed by atoms with E-state index in [9.17, 15) is 14.4 Å². The normalized spacial score (nSPS) is 13.1. The van der Waals surface area contributed by atoms with Gasteiger partial charge in [0.2, 0.25) is 0 Å². The molecule has 80 heavy (non-hydrogen) atoms. The van der Waals surface area contributed by atoms with E-state index in [1.807, 2.05) is 0 Å². The number of carbonyl (C=O) groups excluding carboxylic acids is 3. The monoisotopic (exact) mass is 1100 g/mol. The molecular formula is C74H120O6. The second-order valence-corrected chi connectivity index (χ2v) is 21.3. The van der Waals surface area contributed by atoms with E-state index in [1.54, 1.807) is 0 Å². The number of hydrogen-bond donors (Lipinski definition) is 0. The van der Waals surface area contributed by atoms with Gasteiger partial charge in [-0.1, -0.05) is 269 Å². The van der Waals surface area contributed by atoms with Gasteiger partial charge in [-0.15, -0.1) is 0 Å². The molecule has 0 aromatic carbocycles. The van der Waals surface area contributed by atoms with Crippen LogP contribution in [0.4, 0.5) is 0 Å². The van der Waals surface area contributed by atoms with E-state index in [0.717, 1.165) is 128 Å². The molecule has 0 fully saturated rings. The van der Waals surface area contributed by atoms with E-state index in [-0.39, 0.29) is 37.5 Å². The molecule has 0 saturated carbocycles. The van der Waals surface area contributed by atoms with Crippen LogP contribution in [0.3, 0.4) is 0 Å². The highest BCUT2D eigenvalue weighted by atomic mass is 16.6. The summed E-state index contributed by atoms with van der Waals surface area (Å²) in [6.07, 6.45) is 95.7. The van der Waals surface area contributed by atoms with Crippen molar-refractivity contribution in [3.8, 4) is 0 Å². The fraction of sp³-hybridized carbons (Fsp3) is 0.635. The quantitative estimate of drug-likeness (QED) is 0.0261. The molecule has 0 aliphatic heterocycles. The molecule has 0 aliphatic carbocycles. The van der Waals surface area contributed by atoms with Crippen molar-refractivity contribution in [2.75, 3.05) is 13.2 Å². The predicted molar refractivity (Wildman–Crippen MR) is 348 cm³/mol. The number of hydrogen-bond acceptors (Lipinski definition) is 6. The zero-order chi connectivity index (χ0) is 57.8. The Kier molecular flexibility index (Phi) is 62.9. The zero-order valence-electron chi connectivity index (χ0n) is 51.8. The fourth-order valence-corrected chi connectivity index (χ4v) is 8.65. The number of rotatable bonds is 58. The Labute approximate surface area is 493 Å². The fourth-order valence-electron chi connectivity index (χ4n) is 8.65. The highest BCUT2D eigenvalue weighted by Gasteiger charge is 2.19. The molecule has 6 heteroatoms. The molecule has 0 heterocycles. The molecular weight excluding hydrogens is 985 g/mol. The summed E-state index contributed by atoms with van der Waals surface area (Å²) in [7, 11) is 0. The van der Waals surface area contributed by atoms with Gasteiger partial charge in [-0.2, -0.15) is 0 Å². The first-order chi connectivity index (χ1) is 39.5. The second kappa shape index (κ2) is 66.8. The lowest BCUT2D eigenvalue weighted by Crippen LogP contribution is -2.30. The van der Waals surface area contributed by atoms with Crippen molar-refractivity contribution < 1.29 is 28.6 Å². The average Bonchev–Trinajstić information content (AvgIpc) is 3.46. The molecule has 0 radical (unpaired) electrons. The van der Waals surface area contributed by atoms with Gasteiger partial charge in [0, 0.05) is 19.3 Å². The summed E-state index contributed by atoms with van der Waals surface area (Å²) in [6, 6.07) is 0. The Hall–Kier alpha value is -4.71. The molecule has 452 valence electrons. The van der Waals surface area contributed by atoms with Crippen molar-refractivity contribution >= 4 is 17.9 Å². The summed E-state index contributed by atoms with van der Waals surface area (Å²) < 4.78 is 16.9. The van der Waals surface area contributed by atoms with Gasteiger partial charge in [-0.3, -0.25) is 14.4 Å². The number of ether oxygens (including phenoxy) is 3. The first-order valence-electron chi connectivity index (χ1n) is 32.8. The van der Waals surface area contributed by atoms with E-state index in [0.29, 0.717) is 19.3 Å². The number of esters is 3. The molecule has 1 unspecified atom stereocenters. The van der Waals surface area contributed by atoms with Crippen LogP contribution in [0.1, 0.15) is 284 Å². The minimum absolute atomic E-state index is 0.108. The number of allylic oxidation sites excluding steroid dienone is 24. The lowest BCUT2D eigenvalue weighted by Gasteiger charge is -2.18. The summed E-state index contributed by atoms with van der Waals surface area (Å²) in [5, 5.41) is 0. The smallest absolute Gasteiger partial charge is 0.306 e. The molecule has 0 amide bonds. The van der Waals surface area contributed by atoms with Crippen molar-refractivity contribution in [1.82, 2.24) is 0 Å². The summed E-state index contributed by atoms with van der Waals surface area (Å²) in [4.78, 5) is 38.3. The van der Waals surface area contributed by atoms with Crippen LogP contribution in [0.15, 0.2) is 146 Å². The topological polar surface area (TPSA) is 78.9 Å². The van der Waals surface area contributed by atoms with Crippen LogP contribution in [-0.4, -0.2) is 37.2 Å². The van der Waals surface area contributed by atoms with Crippen LogP contribution >= 0.6 is 0 Å². The standard InChI is InChI=1S/C74H120O6/c1-4-7-10-13-16-19-22-25-28-31-32-33-34-35-36-37-38-39-40-41-42-44-46-49-52-55-58-61-64-67-73(76)79-70-71(69-78-72(75)66-63-60-57-54-51-48-45-30-27-24-21-18-15-12-9-6-3)80-74(77)68-65-62-59-56-53-50-47-43-29-26-23-20-17-14-11-8-5-2/h7,10,16-17,19-20,25-26,28-30,32-33,35-36,38-39,41-42,45-46,49,55,58,71H,4-6,8-9,11-15,18,21-24,27,31,34,37,40,43-44,47-48,50-54,56-57,59-70H2,1-3H3/b10-7-,19-16-,20-17-,28-25-,29-26-,33-32-,36-35-,39-38-,42-41-,45-30-,49-46-,58-55-. The SMILES string of the molecule is CC/C=C\C/C=C\C/C=C\C/C=C\C/C=C\C/C=C\C/C=C\C/C=C\C/C=C\CCCC(=O)OCC(COC(=O)CCCCCCC/C=C\CCCCCCCCC)OC(=O)CCCCCCCCC/C=C\C/C=C\CCCCC. The molecule has 0 spiro atoms. The minimum Gasteiger partial charge on any atom is -0.462 e. The van der Waals surface area contributed by atoms with E-state index < -0.39 is 6.10 Å². The van der Waals surface area contributed by atoms with Crippen LogP contribution in [-0.2, 0) is 28.6 Å². The molecule has 0 aromatic heterocycles. The highest BCUT2D eigenvalue weighted by Crippen LogP contribution is 2.14. The van der Waals surface area contributed by atoms with E-state index in [1.165, 1.54) is 109 Å². The van der Waals surface area contributed by atoms with Gasteiger partial charge >= 0.3 is 17.9 Å². The Morgan fingerprint density at radius 2 is 0.500 bits per heavy atom. The molecule has 0 bridgehead atoms. The molecule has 0 N–H and O–H groups in total. The van der Waals surface area contributed by atoms with Gasteiger partial charge in [0.15, 0.2) is 6.10 Å². The van der Waals surface area contributed by atoms with Crippen molar-refractivity contribution in [2.24, 2.45) is 0 Å². The second-order valence-electron chi connectivity index (χ2n) is 21.3. The first kappa shape index (κ1) is 75.3.